The van der Waals surface area contributed by atoms with Crippen LogP contribution in [0.5, 0.6) is 0 Å². The molecule has 1 aliphatic rings. The third-order valence-electron chi connectivity index (χ3n) is 6.66. The van der Waals surface area contributed by atoms with Crippen LogP contribution in [0.25, 0.3) is 17.5 Å². The first kappa shape index (κ1) is 23.4. The average molecular weight is 425 g/mol. The molecule has 0 bridgehead atoms. The lowest BCUT2D eigenvalue weighted by Crippen LogP contribution is -2.40. The Balaban J connectivity index is 1.79. The maximum absolute atomic E-state index is 9.81. The second kappa shape index (κ2) is 9.07. The van der Waals surface area contributed by atoms with Gasteiger partial charge in [0.25, 0.3) is 0 Å². The molecule has 0 aliphatic heterocycles. The van der Waals surface area contributed by atoms with Crippen LogP contribution in [0.2, 0.25) is 0 Å². The van der Waals surface area contributed by atoms with Gasteiger partial charge in [0, 0.05) is 35.6 Å². The number of hydrogen-bond acceptors (Lipinski definition) is 3. The van der Waals surface area contributed by atoms with Gasteiger partial charge in [-0.3, -0.25) is 5.10 Å². The summed E-state index contributed by atoms with van der Waals surface area (Å²) in [4.78, 5) is 5.80. The van der Waals surface area contributed by atoms with Crippen molar-refractivity contribution >= 4 is 6.08 Å². The van der Waals surface area contributed by atoms with Gasteiger partial charge in [0.05, 0.1) is 18.3 Å². The summed E-state index contributed by atoms with van der Waals surface area (Å²) in [5.41, 5.74) is 8.37. The highest BCUT2D eigenvalue weighted by Crippen LogP contribution is 2.34. The van der Waals surface area contributed by atoms with Crippen molar-refractivity contribution in [3.05, 3.63) is 46.9 Å². The van der Waals surface area contributed by atoms with E-state index in [0.717, 1.165) is 42.0 Å². The third kappa shape index (κ3) is 5.15. The van der Waals surface area contributed by atoms with Crippen molar-refractivity contribution < 1.29 is 5.11 Å². The van der Waals surface area contributed by atoms with Gasteiger partial charge in [-0.1, -0.05) is 53.3 Å². The van der Waals surface area contributed by atoms with Gasteiger partial charge in [0.15, 0.2) is 0 Å². The zero-order valence-corrected chi connectivity index (χ0v) is 20.3. The molecule has 3 rings (SSSR count). The summed E-state index contributed by atoms with van der Waals surface area (Å²) in [6.45, 7) is 17.7. The molecule has 0 amide bonds. The third-order valence-corrected chi connectivity index (χ3v) is 6.66. The highest BCUT2D eigenvalue weighted by Gasteiger charge is 2.26. The fourth-order valence-corrected chi connectivity index (χ4v) is 4.43. The Morgan fingerprint density at radius 1 is 1.35 bits per heavy atom. The number of rotatable bonds is 8. The summed E-state index contributed by atoms with van der Waals surface area (Å²) < 4.78 is 0. The number of aliphatic hydroxyl groups is 1. The average Bonchev–Trinajstić information content (AvgIpc) is 3.27. The summed E-state index contributed by atoms with van der Waals surface area (Å²) >= 11 is 0. The van der Waals surface area contributed by atoms with E-state index >= 15 is 0 Å². The largest absolute Gasteiger partial charge is 0.394 e. The van der Waals surface area contributed by atoms with Crippen LogP contribution in [0, 0.1) is 24.2 Å². The molecular weight excluding hydrogens is 384 g/mol. The molecule has 0 spiro atoms. The molecule has 170 valence electrons. The van der Waals surface area contributed by atoms with Crippen LogP contribution in [0.15, 0.2) is 24.4 Å². The number of likely N-dealkylation sites (N-methyl/N-ethyl adjacent to an activating group) is 1. The van der Waals surface area contributed by atoms with Gasteiger partial charge < -0.3 is 15.0 Å². The van der Waals surface area contributed by atoms with Crippen LogP contribution >= 0.6 is 0 Å². The lowest BCUT2D eigenvalue weighted by molar-refractivity contribution is 0.132. The normalized spacial score (nSPS) is 17.1. The Hall–Kier alpha value is -2.27. The summed E-state index contributed by atoms with van der Waals surface area (Å²) in [7, 11) is 2.04. The molecule has 2 aromatic heterocycles. The van der Waals surface area contributed by atoms with E-state index in [2.05, 4.69) is 86.4 Å². The number of fused-ring (bicyclic) bond motifs is 1. The van der Waals surface area contributed by atoms with E-state index < -0.39 is 0 Å². The van der Waals surface area contributed by atoms with E-state index in [1.165, 1.54) is 16.8 Å². The molecule has 31 heavy (non-hydrogen) atoms. The first-order valence-electron chi connectivity index (χ1n) is 11.5. The monoisotopic (exact) mass is 424 g/mol. The van der Waals surface area contributed by atoms with E-state index in [1.54, 1.807) is 0 Å². The summed E-state index contributed by atoms with van der Waals surface area (Å²) in [5, 5.41) is 17.6. The molecular formula is C26H40N4O. The zero-order chi connectivity index (χ0) is 22.9. The summed E-state index contributed by atoms with van der Waals surface area (Å²) in [6, 6.07) is 2.30. The number of aryl methyl sites for hydroxylation is 1. The highest BCUT2D eigenvalue weighted by molar-refractivity contribution is 5.68. The Labute approximate surface area is 187 Å². The van der Waals surface area contributed by atoms with Gasteiger partial charge >= 0.3 is 0 Å². The number of aromatic nitrogens is 3. The second-order valence-electron chi connectivity index (χ2n) is 10.6. The fourth-order valence-electron chi connectivity index (χ4n) is 4.43. The first-order valence-corrected chi connectivity index (χ1v) is 11.5. The predicted octanol–water partition coefficient (Wildman–Crippen LogP) is 5.34. The Morgan fingerprint density at radius 3 is 2.68 bits per heavy atom. The minimum absolute atomic E-state index is 0.0823. The van der Waals surface area contributed by atoms with E-state index in [4.69, 9.17) is 0 Å². The molecule has 5 nitrogen and oxygen atoms in total. The number of H-pyrrole nitrogens is 2. The van der Waals surface area contributed by atoms with Crippen molar-refractivity contribution in [2.24, 2.45) is 17.3 Å². The minimum Gasteiger partial charge on any atom is -0.394 e. The van der Waals surface area contributed by atoms with E-state index in [1.807, 2.05) is 7.05 Å². The SMILES string of the molecule is C=C(C1C=Cc2cc(-c3n[nH]c(C)c3CCC(C)(C)C)[nH]c2C1)N(C)C(CO)C(C)C. The number of aliphatic hydroxyl groups excluding tert-OH is 1. The maximum Gasteiger partial charge on any atom is 0.112 e. The number of aromatic amines is 2. The molecule has 0 saturated heterocycles. The van der Waals surface area contributed by atoms with Crippen molar-refractivity contribution in [2.75, 3.05) is 13.7 Å². The van der Waals surface area contributed by atoms with Gasteiger partial charge in [-0.05, 0) is 49.1 Å². The Kier molecular flexibility index (Phi) is 6.85. The zero-order valence-electron chi connectivity index (χ0n) is 20.3. The molecule has 0 fully saturated rings. The van der Waals surface area contributed by atoms with Crippen LogP contribution in [-0.4, -0.2) is 44.9 Å². The van der Waals surface area contributed by atoms with Crippen LogP contribution < -0.4 is 0 Å². The number of hydrogen-bond donors (Lipinski definition) is 3. The van der Waals surface area contributed by atoms with Crippen molar-refractivity contribution in [2.45, 2.75) is 66.8 Å². The highest BCUT2D eigenvalue weighted by atomic mass is 16.3. The van der Waals surface area contributed by atoms with Crippen LogP contribution in [0.1, 0.15) is 63.6 Å². The molecule has 0 saturated carbocycles. The lowest BCUT2D eigenvalue weighted by Gasteiger charge is -2.36. The Morgan fingerprint density at radius 2 is 2.06 bits per heavy atom. The smallest absolute Gasteiger partial charge is 0.112 e. The predicted molar refractivity (Wildman–Crippen MR) is 130 cm³/mol. The molecule has 1 aliphatic carbocycles. The maximum atomic E-state index is 9.81. The number of nitrogens with zero attached hydrogens (tertiary/aromatic N) is 2. The molecule has 2 atom stereocenters. The van der Waals surface area contributed by atoms with Crippen LogP contribution in [-0.2, 0) is 12.8 Å². The standard InChI is InChI=1S/C26H40N4O/c1-16(2)24(15-31)30(8)18(4)19-9-10-20-14-23(27-22(20)13-19)25-21(17(3)28-29-25)11-12-26(5,6)7/h9-10,14,16,19,24,27,31H,4,11-13,15H2,1-3,5-8H3,(H,28,29). The van der Waals surface area contributed by atoms with Gasteiger partial charge in [0.2, 0.25) is 0 Å². The molecule has 2 unspecified atom stereocenters. The van der Waals surface area contributed by atoms with Crippen molar-refractivity contribution in [3.8, 4) is 11.4 Å². The second-order valence-corrected chi connectivity index (χ2v) is 10.6. The minimum atomic E-state index is 0.0823. The van der Waals surface area contributed by atoms with Crippen LogP contribution in [0.4, 0.5) is 0 Å². The van der Waals surface area contributed by atoms with Crippen molar-refractivity contribution in [1.82, 2.24) is 20.1 Å². The van der Waals surface area contributed by atoms with Crippen LogP contribution in [0.3, 0.4) is 0 Å². The van der Waals surface area contributed by atoms with E-state index in [9.17, 15) is 5.11 Å². The topological polar surface area (TPSA) is 67.9 Å². The van der Waals surface area contributed by atoms with Crippen molar-refractivity contribution in [3.63, 3.8) is 0 Å². The number of nitrogens with one attached hydrogen (secondary N) is 2. The summed E-state index contributed by atoms with van der Waals surface area (Å²) in [6.07, 6.45) is 7.45. The molecule has 0 radical (unpaired) electrons. The van der Waals surface area contributed by atoms with Gasteiger partial charge in [-0.25, -0.2) is 0 Å². The summed E-state index contributed by atoms with van der Waals surface area (Å²) in [5.74, 6) is 0.583. The van der Waals surface area contributed by atoms with Crippen molar-refractivity contribution in [1.29, 1.82) is 0 Å². The molecule has 3 N–H and O–H groups in total. The first-order chi connectivity index (χ1) is 14.5. The van der Waals surface area contributed by atoms with Gasteiger partial charge in [0.1, 0.15) is 5.69 Å². The molecule has 0 aromatic carbocycles. The molecule has 2 aromatic rings. The number of allylic oxidation sites excluding steroid dienone is 1. The quantitative estimate of drug-likeness (QED) is 0.536. The van der Waals surface area contributed by atoms with E-state index in [0.29, 0.717) is 11.3 Å². The lowest BCUT2D eigenvalue weighted by atomic mass is 9.88. The Bertz CT molecular complexity index is 941. The fraction of sp³-hybridized carbons (Fsp3) is 0.577. The molecule has 5 heteroatoms. The molecule has 2 heterocycles. The van der Waals surface area contributed by atoms with E-state index in [-0.39, 0.29) is 18.6 Å². The van der Waals surface area contributed by atoms with Gasteiger partial charge in [-0.15, -0.1) is 0 Å². The van der Waals surface area contributed by atoms with Gasteiger partial charge in [-0.2, -0.15) is 5.10 Å².